The summed E-state index contributed by atoms with van der Waals surface area (Å²) in [6.45, 7) is 9.93. The van der Waals surface area contributed by atoms with Gasteiger partial charge in [-0.25, -0.2) is 0 Å². The molecule has 3 rings (SSSR count). The number of ketones is 1. The number of hydrogen-bond acceptors (Lipinski definition) is 4. The Morgan fingerprint density at radius 3 is 2.69 bits per heavy atom. The van der Waals surface area contributed by atoms with Gasteiger partial charge in [-0.05, 0) is 49.3 Å². The molecule has 172 valence electrons. The predicted molar refractivity (Wildman–Crippen MR) is 125 cm³/mol. The molecule has 3 N–H and O–H groups in total. The Balaban J connectivity index is 1.81. The fraction of sp³-hybridized carbons (Fsp3) is 0.520. The summed E-state index contributed by atoms with van der Waals surface area (Å²) in [5.74, 6) is -0.561. The van der Waals surface area contributed by atoms with Crippen LogP contribution in [0.15, 0.2) is 18.3 Å². The summed E-state index contributed by atoms with van der Waals surface area (Å²) in [6, 6.07) is 2.91. The van der Waals surface area contributed by atoms with Crippen LogP contribution in [-0.2, 0) is 17.6 Å². The highest BCUT2D eigenvalue weighted by Gasteiger charge is 2.35. The average molecular weight is 439 g/mol. The summed E-state index contributed by atoms with van der Waals surface area (Å²) < 4.78 is 0. The Labute approximate surface area is 189 Å². The van der Waals surface area contributed by atoms with E-state index in [-0.39, 0.29) is 23.0 Å². The molecule has 7 heteroatoms. The van der Waals surface area contributed by atoms with Crippen LogP contribution in [0.2, 0.25) is 0 Å². The van der Waals surface area contributed by atoms with Crippen molar-refractivity contribution in [3.8, 4) is 0 Å². The van der Waals surface area contributed by atoms with Gasteiger partial charge in [-0.1, -0.05) is 40.5 Å². The summed E-state index contributed by atoms with van der Waals surface area (Å²) in [6.07, 6.45) is 5.81. The van der Waals surface area contributed by atoms with Crippen molar-refractivity contribution in [2.24, 2.45) is 5.41 Å². The molecule has 0 spiro atoms. The van der Waals surface area contributed by atoms with Gasteiger partial charge in [0, 0.05) is 23.9 Å². The monoisotopic (exact) mass is 438 g/mol. The number of fused-ring (bicyclic) bond motifs is 1. The third-order valence-electron chi connectivity index (χ3n) is 6.08. The first-order valence-electron chi connectivity index (χ1n) is 11.5. The van der Waals surface area contributed by atoms with Gasteiger partial charge in [0.2, 0.25) is 5.91 Å². The molecular weight excluding hydrogens is 404 g/mol. The molecule has 0 saturated heterocycles. The maximum atomic E-state index is 13.2. The van der Waals surface area contributed by atoms with Gasteiger partial charge in [-0.3, -0.25) is 19.4 Å². The zero-order valence-electron chi connectivity index (χ0n) is 19.7. The number of nitrogens with zero attached hydrogens (tertiary/aromatic N) is 1. The maximum absolute atomic E-state index is 13.2. The minimum atomic E-state index is -0.681. The van der Waals surface area contributed by atoms with Crippen LogP contribution < -0.4 is 10.6 Å². The van der Waals surface area contributed by atoms with Crippen LogP contribution in [0.1, 0.15) is 91.2 Å². The predicted octanol–water partition coefficient (Wildman–Crippen LogP) is 4.36. The first-order chi connectivity index (χ1) is 15.2. The lowest BCUT2D eigenvalue weighted by Gasteiger charge is -2.28. The molecule has 32 heavy (non-hydrogen) atoms. The normalized spacial score (nSPS) is 15.7. The number of aryl methyl sites for hydroxylation is 1. The maximum Gasteiger partial charge on any atom is 0.268 e. The molecule has 0 aromatic carbocycles. The van der Waals surface area contributed by atoms with Crippen LogP contribution in [-0.4, -0.2) is 33.6 Å². The van der Waals surface area contributed by atoms with Crippen LogP contribution in [0.5, 0.6) is 0 Å². The van der Waals surface area contributed by atoms with E-state index in [1.165, 1.54) is 0 Å². The summed E-state index contributed by atoms with van der Waals surface area (Å²) in [5, 5.41) is 5.83. The molecule has 1 unspecified atom stereocenters. The SMILES string of the molecule is CCCCC(NC(=O)c1[nH]c2c(c1C)C(=O)CC(C)(C)C2)C(=O)Nc1cccnc1CC. The highest BCUT2D eigenvalue weighted by molar-refractivity contribution is 6.06. The van der Waals surface area contributed by atoms with Crippen LogP contribution in [0.4, 0.5) is 5.69 Å². The van der Waals surface area contributed by atoms with Gasteiger partial charge in [0.25, 0.3) is 5.91 Å². The summed E-state index contributed by atoms with van der Waals surface area (Å²) in [4.78, 5) is 46.4. The Morgan fingerprint density at radius 2 is 2.00 bits per heavy atom. The number of anilines is 1. The van der Waals surface area contributed by atoms with E-state index < -0.39 is 6.04 Å². The highest BCUT2D eigenvalue weighted by atomic mass is 16.2. The standard InChI is InChI=1S/C25H34N4O3/c1-6-8-10-18(23(31)28-17-11-9-12-26-16(17)7-2)29-24(32)22-15(3)21-19(27-22)13-25(4,5)14-20(21)30/h9,11-12,18,27H,6-8,10,13-14H2,1-5H3,(H,28,31)(H,29,32). The molecule has 0 aliphatic heterocycles. The largest absolute Gasteiger partial charge is 0.354 e. The van der Waals surface area contributed by atoms with Crippen molar-refractivity contribution < 1.29 is 14.4 Å². The number of unbranched alkanes of at least 4 members (excludes halogenated alkanes) is 1. The van der Waals surface area contributed by atoms with Crippen molar-refractivity contribution in [3.05, 3.63) is 46.5 Å². The molecule has 7 nitrogen and oxygen atoms in total. The Bertz CT molecular complexity index is 1020. The number of amides is 2. The fourth-order valence-corrected chi connectivity index (χ4v) is 4.42. The molecule has 0 bridgehead atoms. The number of carbonyl (C=O) groups excluding carboxylic acids is 3. The van der Waals surface area contributed by atoms with E-state index in [0.29, 0.717) is 48.2 Å². The highest BCUT2D eigenvalue weighted by Crippen LogP contribution is 2.36. The van der Waals surface area contributed by atoms with Crippen molar-refractivity contribution in [2.45, 2.75) is 79.2 Å². The number of H-pyrrole nitrogens is 1. The van der Waals surface area contributed by atoms with E-state index in [9.17, 15) is 14.4 Å². The van der Waals surface area contributed by atoms with Crippen LogP contribution in [0.25, 0.3) is 0 Å². The van der Waals surface area contributed by atoms with Gasteiger partial charge in [0.15, 0.2) is 5.78 Å². The lowest BCUT2D eigenvalue weighted by molar-refractivity contribution is -0.118. The fourth-order valence-electron chi connectivity index (χ4n) is 4.42. The molecule has 0 fully saturated rings. The van der Waals surface area contributed by atoms with Gasteiger partial charge >= 0.3 is 0 Å². The molecule has 2 amide bonds. The Kier molecular flexibility index (Phi) is 7.16. The average Bonchev–Trinajstić information content (AvgIpc) is 3.06. The quantitative estimate of drug-likeness (QED) is 0.569. The van der Waals surface area contributed by atoms with E-state index in [4.69, 9.17) is 0 Å². The number of Topliss-reactive ketones (excluding diaryl/α,β-unsaturated/α-hetero) is 1. The van der Waals surface area contributed by atoms with Crippen molar-refractivity contribution in [3.63, 3.8) is 0 Å². The molecule has 0 radical (unpaired) electrons. The third-order valence-corrected chi connectivity index (χ3v) is 6.08. The van der Waals surface area contributed by atoms with Crippen molar-refractivity contribution >= 4 is 23.3 Å². The smallest absolute Gasteiger partial charge is 0.268 e. The molecule has 0 saturated carbocycles. The van der Waals surface area contributed by atoms with Gasteiger partial charge in [-0.2, -0.15) is 0 Å². The van der Waals surface area contributed by atoms with Crippen molar-refractivity contribution in [1.82, 2.24) is 15.3 Å². The number of nitrogens with one attached hydrogen (secondary N) is 3. The molecular formula is C25H34N4O3. The van der Waals surface area contributed by atoms with Crippen LogP contribution >= 0.6 is 0 Å². The number of aromatic amines is 1. The topological polar surface area (TPSA) is 104 Å². The molecule has 1 aliphatic carbocycles. The van der Waals surface area contributed by atoms with Gasteiger partial charge in [0.05, 0.1) is 11.4 Å². The van der Waals surface area contributed by atoms with Crippen molar-refractivity contribution in [2.75, 3.05) is 5.32 Å². The third kappa shape index (κ3) is 5.09. The lowest BCUT2D eigenvalue weighted by atomic mass is 9.75. The van der Waals surface area contributed by atoms with E-state index >= 15 is 0 Å². The second kappa shape index (κ2) is 9.67. The summed E-state index contributed by atoms with van der Waals surface area (Å²) >= 11 is 0. The molecule has 2 aromatic rings. The lowest BCUT2D eigenvalue weighted by Crippen LogP contribution is -2.44. The first-order valence-corrected chi connectivity index (χ1v) is 11.5. The number of carbonyl (C=O) groups is 3. The minimum Gasteiger partial charge on any atom is -0.354 e. The number of pyridine rings is 1. The summed E-state index contributed by atoms with van der Waals surface area (Å²) in [5.41, 5.74) is 3.79. The van der Waals surface area contributed by atoms with Gasteiger partial charge < -0.3 is 15.6 Å². The zero-order chi connectivity index (χ0) is 23.5. The first kappa shape index (κ1) is 23.7. The number of hydrogen-bond donors (Lipinski definition) is 3. The zero-order valence-corrected chi connectivity index (χ0v) is 19.7. The number of rotatable bonds is 8. The minimum absolute atomic E-state index is 0.0630. The molecule has 1 atom stereocenters. The second-order valence-electron chi connectivity index (χ2n) is 9.43. The van der Waals surface area contributed by atoms with E-state index in [0.717, 1.165) is 24.2 Å². The van der Waals surface area contributed by atoms with E-state index in [1.807, 2.05) is 19.9 Å². The summed E-state index contributed by atoms with van der Waals surface area (Å²) in [7, 11) is 0. The Morgan fingerprint density at radius 1 is 1.25 bits per heavy atom. The van der Waals surface area contributed by atoms with Gasteiger partial charge in [-0.15, -0.1) is 0 Å². The van der Waals surface area contributed by atoms with E-state index in [2.05, 4.69) is 34.4 Å². The van der Waals surface area contributed by atoms with Crippen LogP contribution in [0, 0.1) is 12.3 Å². The van der Waals surface area contributed by atoms with Crippen LogP contribution in [0.3, 0.4) is 0 Å². The van der Waals surface area contributed by atoms with E-state index in [1.54, 1.807) is 19.2 Å². The molecule has 2 heterocycles. The Hall–Kier alpha value is -2.96. The van der Waals surface area contributed by atoms with Crippen molar-refractivity contribution in [1.29, 1.82) is 0 Å². The molecule has 1 aliphatic rings. The number of aromatic nitrogens is 2. The molecule has 2 aromatic heterocycles. The van der Waals surface area contributed by atoms with Gasteiger partial charge in [0.1, 0.15) is 11.7 Å². The second-order valence-corrected chi connectivity index (χ2v) is 9.43.